The number of carbonyl (C=O) groups excluding carboxylic acids is 1. The second-order valence-corrected chi connectivity index (χ2v) is 9.50. The molecule has 0 bridgehead atoms. The van der Waals surface area contributed by atoms with Gasteiger partial charge in [0.15, 0.2) is 5.65 Å². The number of aromatic amines is 1. The van der Waals surface area contributed by atoms with E-state index < -0.39 is 23.6 Å². The monoisotopic (exact) mass is 551 g/mol. The number of piperazine rings is 1. The molecule has 3 N–H and O–H groups in total. The molecule has 5 rings (SSSR count). The highest BCUT2D eigenvalue weighted by atomic mass is 19.4. The Balaban J connectivity index is 1.28. The maximum atomic E-state index is 14.4. The van der Waals surface area contributed by atoms with E-state index in [-0.39, 0.29) is 23.5 Å². The Morgan fingerprint density at radius 1 is 1.00 bits per heavy atom. The van der Waals surface area contributed by atoms with Gasteiger partial charge >= 0.3 is 12.2 Å². The summed E-state index contributed by atoms with van der Waals surface area (Å²) >= 11 is 0. The quantitative estimate of drug-likeness (QED) is 0.248. The molecular formula is C28H25F4N7O. The second kappa shape index (κ2) is 11.3. The lowest BCUT2D eigenvalue weighted by molar-refractivity contribution is -0.138. The van der Waals surface area contributed by atoms with Crippen LogP contribution in [0.1, 0.15) is 22.3 Å². The highest BCUT2D eigenvalue weighted by molar-refractivity contribution is 6.00. The fraction of sp³-hybridized carbons (Fsp3) is 0.250. The van der Waals surface area contributed by atoms with Crippen LogP contribution in [0.5, 0.6) is 0 Å². The summed E-state index contributed by atoms with van der Waals surface area (Å²) in [5, 5.41) is 12.1. The number of halogens is 4. The van der Waals surface area contributed by atoms with E-state index in [4.69, 9.17) is 0 Å². The van der Waals surface area contributed by atoms with E-state index in [1.807, 2.05) is 11.9 Å². The smallest absolute Gasteiger partial charge is 0.308 e. The first-order valence-corrected chi connectivity index (χ1v) is 12.4. The van der Waals surface area contributed by atoms with Gasteiger partial charge in [-0.2, -0.15) is 18.3 Å². The summed E-state index contributed by atoms with van der Waals surface area (Å²) < 4.78 is 56.0. The molecule has 3 heterocycles. The number of fused-ring (bicyclic) bond motifs is 1. The molecule has 0 saturated carbocycles. The maximum absolute atomic E-state index is 14.4. The summed E-state index contributed by atoms with van der Waals surface area (Å²) in [5.74, 6) is 5.08. The van der Waals surface area contributed by atoms with Crippen molar-refractivity contribution >= 4 is 28.4 Å². The minimum atomic E-state index is -4.60. The van der Waals surface area contributed by atoms with Gasteiger partial charge in [-0.3, -0.25) is 10.00 Å². The average molecular weight is 552 g/mol. The van der Waals surface area contributed by atoms with Crippen LogP contribution >= 0.6 is 0 Å². The average Bonchev–Trinajstić information content (AvgIpc) is 3.39. The van der Waals surface area contributed by atoms with E-state index in [0.29, 0.717) is 29.9 Å². The SMILES string of the molecule is CN1CCN(Cc2ccc(NC(=O)Nc3cc(C#Cc4cnc5[nH]ncc5c4)ccc3F)cc2C(F)(F)F)CC1. The summed E-state index contributed by atoms with van der Waals surface area (Å²) in [5.41, 5.74) is 0.717. The van der Waals surface area contributed by atoms with E-state index >= 15 is 0 Å². The number of alkyl halides is 3. The van der Waals surface area contributed by atoms with Crippen LogP contribution in [0.3, 0.4) is 0 Å². The molecule has 4 aromatic rings. The number of pyridine rings is 1. The Morgan fingerprint density at radius 2 is 1.77 bits per heavy atom. The largest absolute Gasteiger partial charge is 0.416 e. The Morgan fingerprint density at radius 3 is 2.55 bits per heavy atom. The molecule has 206 valence electrons. The Bertz CT molecular complexity index is 1600. The van der Waals surface area contributed by atoms with Gasteiger partial charge in [0.2, 0.25) is 0 Å². The van der Waals surface area contributed by atoms with Crippen molar-refractivity contribution < 1.29 is 22.4 Å². The van der Waals surface area contributed by atoms with Crippen LogP contribution in [0, 0.1) is 17.7 Å². The van der Waals surface area contributed by atoms with Crippen LogP contribution < -0.4 is 10.6 Å². The van der Waals surface area contributed by atoms with Crippen molar-refractivity contribution in [2.24, 2.45) is 0 Å². The van der Waals surface area contributed by atoms with Gasteiger partial charge in [-0.15, -0.1) is 0 Å². The van der Waals surface area contributed by atoms with E-state index in [0.717, 1.165) is 30.6 Å². The maximum Gasteiger partial charge on any atom is 0.416 e. The van der Waals surface area contributed by atoms with Crippen LogP contribution in [0.25, 0.3) is 11.0 Å². The van der Waals surface area contributed by atoms with Gasteiger partial charge in [0.05, 0.1) is 17.4 Å². The third-order valence-electron chi connectivity index (χ3n) is 6.52. The molecule has 40 heavy (non-hydrogen) atoms. The van der Waals surface area contributed by atoms with Gasteiger partial charge < -0.3 is 15.5 Å². The van der Waals surface area contributed by atoms with Gasteiger partial charge in [-0.05, 0) is 49.0 Å². The van der Waals surface area contributed by atoms with Gasteiger partial charge in [0, 0.05) is 61.1 Å². The number of hydrogen-bond donors (Lipinski definition) is 3. The number of rotatable bonds is 4. The van der Waals surface area contributed by atoms with E-state index in [2.05, 4.69) is 42.6 Å². The molecule has 0 spiro atoms. The molecule has 1 saturated heterocycles. The first-order valence-electron chi connectivity index (χ1n) is 12.4. The molecule has 2 aromatic carbocycles. The zero-order chi connectivity index (χ0) is 28.3. The molecule has 2 amide bonds. The van der Waals surface area contributed by atoms with Crippen LogP contribution in [-0.4, -0.2) is 64.2 Å². The fourth-order valence-corrected chi connectivity index (χ4v) is 4.34. The van der Waals surface area contributed by atoms with Crippen molar-refractivity contribution in [1.82, 2.24) is 25.0 Å². The van der Waals surface area contributed by atoms with Gasteiger partial charge in [-0.1, -0.05) is 17.9 Å². The third-order valence-corrected chi connectivity index (χ3v) is 6.52. The number of hydrogen-bond acceptors (Lipinski definition) is 5. The normalized spacial score (nSPS) is 14.5. The van der Waals surface area contributed by atoms with Crippen molar-refractivity contribution in [3.8, 4) is 11.8 Å². The highest BCUT2D eigenvalue weighted by Crippen LogP contribution is 2.34. The number of urea groups is 1. The Hall–Kier alpha value is -4.47. The molecule has 1 fully saturated rings. The number of anilines is 2. The van der Waals surface area contributed by atoms with Crippen molar-refractivity contribution in [2.45, 2.75) is 12.7 Å². The van der Waals surface area contributed by atoms with E-state index in [1.54, 1.807) is 18.5 Å². The topological polar surface area (TPSA) is 89.2 Å². The molecule has 0 aliphatic carbocycles. The van der Waals surface area contributed by atoms with Crippen molar-refractivity contribution in [3.63, 3.8) is 0 Å². The second-order valence-electron chi connectivity index (χ2n) is 9.50. The first kappa shape index (κ1) is 27.1. The van der Waals surface area contributed by atoms with Crippen LogP contribution in [0.15, 0.2) is 54.9 Å². The van der Waals surface area contributed by atoms with Crippen LogP contribution in [0.2, 0.25) is 0 Å². The number of aromatic nitrogens is 3. The molecule has 0 unspecified atom stereocenters. The van der Waals surface area contributed by atoms with Gasteiger partial charge in [0.25, 0.3) is 0 Å². The Kier molecular flexibility index (Phi) is 7.68. The first-order chi connectivity index (χ1) is 19.1. The molecular weight excluding hydrogens is 526 g/mol. The zero-order valence-electron chi connectivity index (χ0n) is 21.4. The summed E-state index contributed by atoms with van der Waals surface area (Å²) in [6.45, 7) is 3.05. The predicted molar refractivity (Wildman–Crippen MR) is 143 cm³/mol. The molecule has 1 aliphatic heterocycles. The van der Waals surface area contributed by atoms with Crippen molar-refractivity contribution in [1.29, 1.82) is 0 Å². The van der Waals surface area contributed by atoms with E-state index in [1.165, 1.54) is 24.3 Å². The lowest BCUT2D eigenvalue weighted by Crippen LogP contribution is -2.44. The lowest BCUT2D eigenvalue weighted by Gasteiger charge is -2.33. The minimum absolute atomic E-state index is 0.0644. The van der Waals surface area contributed by atoms with Crippen molar-refractivity contribution in [3.05, 3.63) is 82.9 Å². The predicted octanol–water partition coefficient (Wildman–Crippen LogP) is 4.91. The molecule has 12 heteroatoms. The summed E-state index contributed by atoms with van der Waals surface area (Å²) in [6, 6.07) is 8.50. The number of benzene rings is 2. The third kappa shape index (κ3) is 6.56. The number of H-pyrrole nitrogens is 1. The number of amides is 2. The summed E-state index contributed by atoms with van der Waals surface area (Å²) in [6.07, 6.45) is -1.42. The molecule has 8 nitrogen and oxygen atoms in total. The fourth-order valence-electron chi connectivity index (χ4n) is 4.34. The number of nitrogens with one attached hydrogen (secondary N) is 3. The van der Waals surface area contributed by atoms with Gasteiger partial charge in [0.1, 0.15) is 5.82 Å². The minimum Gasteiger partial charge on any atom is -0.308 e. The summed E-state index contributed by atoms with van der Waals surface area (Å²) in [4.78, 5) is 20.9. The molecule has 2 aromatic heterocycles. The van der Waals surface area contributed by atoms with Crippen LogP contribution in [0.4, 0.5) is 33.7 Å². The standard InChI is InChI=1S/C28H25F4N7O/c1-38-8-10-39(11-9-38)17-20-5-6-22(14-23(20)28(30,31)32)35-27(40)36-25-13-18(4-7-24(25)29)2-3-19-12-21-16-34-37-26(21)33-15-19/h4-7,12-16H,8-11,17H2,1H3,(H,33,34,37)(H2,35,36,40). The zero-order valence-corrected chi connectivity index (χ0v) is 21.4. The van der Waals surface area contributed by atoms with E-state index in [9.17, 15) is 22.4 Å². The van der Waals surface area contributed by atoms with Crippen LogP contribution in [-0.2, 0) is 12.7 Å². The molecule has 0 radical (unpaired) electrons. The van der Waals surface area contributed by atoms with Crippen molar-refractivity contribution in [2.75, 3.05) is 43.9 Å². The summed E-state index contributed by atoms with van der Waals surface area (Å²) in [7, 11) is 1.97. The number of carbonyl (C=O) groups is 1. The highest BCUT2D eigenvalue weighted by Gasteiger charge is 2.34. The molecule has 0 atom stereocenters. The van der Waals surface area contributed by atoms with Gasteiger partial charge in [-0.25, -0.2) is 14.2 Å². The number of likely N-dealkylation sites (N-methyl/N-ethyl adjacent to an activating group) is 1. The molecule has 1 aliphatic rings. The lowest BCUT2D eigenvalue weighted by atomic mass is 10.0. The number of nitrogens with zero attached hydrogens (tertiary/aromatic N) is 4. The Labute approximate surface area is 227 Å².